The molecular formula is C9H14N4OS. The van der Waals surface area contributed by atoms with Gasteiger partial charge in [-0.3, -0.25) is 0 Å². The summed E-state index contributed by atoms with van der Waals surface area (Å²) in [7, 11) is 0. The standard InChI is InChI=1S/C9H14N4OS/c1-3-14-6(2)5-12-9-7(4-10)8(11)13-15-9/h6,12H,3,5H2,1-2H3,(H2,11,13). The maximum absolute atomic E-state index is 8.82. The fourth-order valence-electron chi connectivity index (χ4n) is 1.11. The van der Waals surface area contributed by atoms with E-state index in [2.05, 4.69) is 9.69 Å². The first-order valence-electron chi connectivity index (χ1n) is 4.69. The molecule has 1 atom stereocenters. The number of nitrogen functional groups attached to an aromatic ring is 1. The van der Waals surface area contributed by atoms with Gasteiger partial charge in [-0.15, -0.1) is 0 Å². The Morgan fingerprint density at radius 1 is 1.73 bits per heavy atom. The van der Waals surface area contributed by atoms with E-state index < -0.39 is 0 Å². The second-order valence-corrected chi connectivity index (χ2v) is 3.80. The number of hydrogen-bond acceptors (Lipinski definition) is 6. The molecule has 0 radical (unpaired) electrons. The molecule has 0 spiro atoms. The van der Waals surface area contributed by atoms with Crippen LogP contribution in [0.1, 0.15) is 19.4 Å². The number of nitriles is 1. The molecule has 0 aromatic carbocycles. The van der Waals surface area contributed by atoms with Crippen LogP contribution in [0.3, 0.4) is 0 Å². The van der Waals surface area contributed by atoms with Crippen LogP contribution in [0, 0.1) is 11.3 Å². The number of nitrogens with one attached hydrogen (secondary N) is 1. The maximum atomic E-state index is 8.82. The summed E-state index contributed by atoms with van der Waals surface area (Å²) in [5.41, 5.74) is 5.94. The first-order chi connectivity index (χ1) is 7.19. The summed E-state index contributed by atoms with van der Waals surface area (Å²) in [4.78, 5) is 0. The Kier molecular flexibility index (Phi) is 4.34. The zero-order chi connectivity index (χ0) is 11.3. The fraction of sp³-hybridized carbons (Fsp3) is 0.556. The van der Waals surface area contributed by atoms with Crippen molar-refractivity contribution in [1.82, 2.24) is 4.37 Å². The van der Waals surface area contributed by atoms with Crippen LogP contribution in [0.25, 0.3) is 0 Å². The summed E-state index contributed by atoms with van der Waals surface area (Å²) in [6, 6.07) is 2.02. The molecule has 5 nitrogen and oxygen atoms in total. The second kappa shape index (κ2) is 5.53. The van der Waals surface area contributed by atoms with Gasteiger partial charge < -0.3 is 15.8 Å². The summed E-state index contributed by atoms with van der Waals surface area (Å²) in [5, 5.41) is 12.6. The van der Waals surface area contributed by atoms with Crippen LogP contribution in [0.4, 0.5) is 10.8 Å². The van der Waals surface area contributed by atoms with Gasteiger partial charge in [-0.2, -0.15) is 9.64 Å². The average molecular weight is 226 g/mol. The van der Waals surface area contributed by atoms with Crippen molar-refractivity contribution in [1.29, 1.82) is 5.26 Å². The molecule has 0 bridgehead atoms. The average Bonchev–Trinajstić information content (AvgIpc) is 2.56. The van der Waals surface area contributed by atoms with Crippen molar-refractivity contribution < 1.29 is 4.74 Å². The van der Waals surface area contributed by atoms with Gasteiger partial charge in [0.15, 0.2) is 5.82 Å². The molecular weight excluding hydrogens is 212 g/mol. The Balaban J connectivity index is 2.54. The number of rotatable bonds is 5. The molecule has 0 amide bonds. The van der Waals surface area contributed by atoms with E-state index in [0.717, 1.165) is 0 Å². The van der Waals surface area contributed by atoms with Crippen molar-refractivity contribution in [2.24, 2.45) is 0 Å². The van der Waals surface area contributed by atoms with Gasteiger partial charge in [0, 0.05) is 13.2 Å². The number of hydrogen-bond donors (Lipinski definition) is 2. The third-order valence-electron chi connectivity index (χ3n) is 1.83. The molecule has 1 aromatic rings. The smallest absolute Gasteiger partial charge is 0.157 e. The van der Waals surface area contributed by atoms with E-state index in [9.17, 15) is 0 Å². The molecule has 3 N–H and O–H groups in total. The van der Waals surface area contributed by atoms with E-state index in [-0.39, 0.29) is 11.9 Å². The topological polar surface area (TPSA) is 84.0 Å². The quantitative estimate of drug-likeness (QED) is 0.793. The van der Waals surface area contributed by atoms with Gasteiger partial charge >= 0.3 is 0 Å². The van der Waals surface area contributed by atoms with Crippen LogP contribution < -0.4 is 11.1 Å². The summed E-state index contributed by atoms with van der Waals surface area (Å²) in [6.07, 6.45) is 0.102. The van der Waals surface area contributed by atoms with E-state index in [1.54, 1.807) is 0 Å². The molecule has 1 unspecified atom stereocenters. The monoisotopic (exact) mass is 226 g/mol. The van der Waals surface area contributed by atoms with Gasteiger partial charge in [-0.05, 0) is 25.4 Å². The first-order valence-corrected chi connectivity index (χ1v) is 5.47. The van der Waals surface area contributed by atoms with Gasteiger partial charge in [-0.1, -0.05) is 0 Å². The Hall–Kier alpha value is -1.32. The number of nitrogens with two attached hydrogens (primary N) is 1. The van der Waals surface area contributed by atoms with Crippen molar-refractivity contribution in [3.8, 4) is 6.07 Å². The molecule has 82 valence electrons. The van der Waals surface area contributed by atoms with Crippen LogP contribution in [-0.2, 0) is 4.74 Å². The van der Waals surface area contributed by atoms with Crippen LogP contribution in [0.15, 0.2) is 0 Å². The van der Waals surface area contributed by atoms with Gasteiger partial charge in [0.05, 0.1) is 6.10 Å². The van der Waals surface area contributed by atoms with Gasteiger partial charge in [-0.25, -0.2) is 0 Å². The normalized spacial score (nSPS) is 12.1. The van der Waals surface area contributed by atoms with E-state index in [0.29, 0.717) is 23.7 Å². The summed E-state index contributed by atoms with van der Waals surface area (Å²) in [5.74, 6) is 0.286. The van der Waals surface area contributed by atoms with Crippen molar-refractivity contribution in [2.75, 3.05) is 24.2 Å². The predicted octanol–water partition coefficient (Wildman–Crippen LogP) is 1.43. The minimum Gasteiger partial charge on any atom is -0.382 e. The van der Waals surface area contributed by atoms with Crippen LogP contribution in [0.2, 0.25) is 0 Å². The lowest BCUT2D eigenvalue weighted by Gasteiger charge is -2.11. The fourth-order valence-corrected chi connectivity index (χ4v) is 1.78. The molecule has 0 fully saturated rings. The summed E-state index contributed by atoms with van der Waals surface area (Å²) < 4.78 is 9.26. The molecule has 1 heterocycles. The Bertz CT molecular complexity index is 357. The van der Waals surface area contributed by atoms with E-state index in [1.807, 2.05) is 19.9 Å². The van der Waals surface area contributed by atoms with Crippen molar-refractivity contribution in [2.45, 2.75) is 20.0 Å². The van der Waals surface area contributed by atoms with Gasteiger partial charge in [0.2, 0.25) is 0 Å². The van der Waals surface area contributed by atoms with Gasteiger partial charge in [0.25, 0.3) is 0 Å². The maximum Gasteiger partial charge on any atom is 0.157 e. The second-order valence-electron chi connectivity index (χ2n) is 3.03. The molecule has 1 rings (SSSR count). The molecule has 0 aliphatic carbocycles. The summed E-state index contributed by atoms with van der Waals surface area (Å²) >= 11 is 1.20. The lowest BCUT2D eigenvalue weighted by Crippen LogP contribution is -2.19. The van der Waals surface area contributed by atoms with Crippen LogP contribution in [-0.4, -0.2) is 23.6 Å². The van der Waals surface area contributed by atoms with E-state index in [4.69, 9.17) is 15.7 Å². The summed E-state index contributed by atoms with van der Waals surface area (Å²) in [6.45, 7) is 5.23. The Labute approximate surface area is 93.0 Å². The number of nitrogens with zero attached hydrogens (tertiary/aromatic N) is 2. The highest BCUT2D eigenvalue weighted by Gasteiger charge is 2.11. The predicted molar refractivity (Wildman–Crippen MR) is 60.8 cm³/mol. The van der Waals surface area contributed by atoms with Crippen molar-refractivity contribution in [3.05, 3.63) is 5.56 Å². The SMILES string of the molecule is CCOC(C)CNc1snc(N)c1C#N. The zero-order valence-corrected chi connectivity index (χ0v) is 9.60. The third kappa shape index (κ3) is 3.08. The molecule has 0 saturated carbocycles. The lowest BCUT2D eigenvalue weighted by molar-refractivity contribution is 0.0856. The Morgan fingerprint density at radius 3 is 3.07 bits per heavy atom. The largest absolute Gasteiger partial charge is 0.382 e. The van der Waals surface area contributed by atoms with Gasteiger partial charge in [0.1, 0.15) is 16.6 Å². The third-order valence-corrected chi connectivity index (χ3v) is 2.65. The van der Waals surface area contributed by atoms with Crippen LogP contribution in [0.5, 0.6) is 0 Å². The lowest BCUT2D eigenvalue weighted by atomic mass is 10.3. The highest BCUT2D eigenvalue weighted by molar-refractivity contribution is 7.10. The van der Waals surface area contributed by atoms with Crippen molar-refractivity contribution in [3.63, 3.8) is 0 Å². The molecule has 6 heteroatoms. The van der Waals surface area contributed by atoms with E-state index >= 15 is 0 Å². The first kappa shape index (κ1) is 11.8. The number of anilines is 2. The number of aromatic nitrogens is 1. The minimum atomic E-state index is 0.102. The highest BCUT2D eigenvalue weighted by atomic mass is 32.1. The van der Waals surface area contributed by atoms with Crippen LogP contribution >= 0.6 is 11.5 Å². The molecule has 0 aliphatic heterocycles. The highest BCUT2D eigenvalue weighted by Crippen LogP contribution is 2.25. The van der Waals surface area contributed by atoms with E-state index in [1.165, 1.54) is 11.5 Å². The van der Waals surface area contributed by atoms with Crippen molar-refractivity contribution >= 4 is 22.4 Å². The number of ether oxygens (including phenoxy) is 1. The molecule has 0 aliphatic rings. The molecule has 1 aromatic heterocycles. The molecule has 0 saturated heterocycles. The molecule has 15 heavy (non-hydrogen) atoms. The Morgan fingerprint density at radius 2 is 2.47 bits per heavy atom. The zero-order valence-electron chi connectivity index (χ0n) is 8.78. The minimum absolute atomic E-state index is 0.102.